The summed E-state index contributed by atoms with van der Waals surface area (Å²) in [6, 6.07) is 25.9. The van der Waals surface area contributed by atoms with Gasteiger partial charge in [0.2, 0.25) is 5.91 Å². The van der Waals surface area contributed by atoms with Crippen molar-refractivity contribution in [2.75, 3.05) is 32.8 Å². The molecule has 2 saturated heterocycles. The Morgan fingerprint density at radius 2 is 1.59 bits per heavy atom. The molecule has 1 atom stereocenters. The van der Waals surface area contributed by atoms with Gasteiger partial charge in [-0.3, -0.25) is 4.79 Å². The van der Waals surface area contributed by atoms with E-state index in [4.69, 9.17) is 27.9 Å². The standard InChI is InChI=1S/C32H35Cl2N3O3.ClH/c1-24(38)35-32(26-10-6-3-7-11-26)15-18-36(19-16-32)17-14-31(27-12-13-28(33)29(34)20-27)22-37(30(39)40-23-31)21-25-8-4-2-5-9-25;/h2-13,20H,14-19,21-23H2,1H3,(H,35,38);1H. The van der Waals surface area contributed by atoms with Gasteiger partial charge in [-0.25, -0.2) is 4.79 Å². The van der Waals surface area contributed by atoms with Crippen LogP contribution in [0.25, 0.3) is 0 Å². The van der Waals surface area contributed by atoms with Crippen LogP contribution in [0.1, 0.15) is 42.9 Å². The van der Waals surface area contributed by atoms with Crippen LogP contribution in [-0.2, 0) is 27.0 Å². The summed E-state index contributed by atoms with van der Waals surface area (Å²) >= 11 is 12.7. The number of benzene rings is 3. The van der Waals surface area contributed by atoms with Gasteiger partial charge in [-0.15, -0.1) is 12.4 Å². The molecule has 2 amide bonds. The van der Waals surface area contributed by atoms with Gasteiger partial charge >= 0.3 is 6.09 Å². The lowest BCUT2D eigenvalue weighted by atomic mass is 9.76. The number of hydrogen-bond donors (Lipinski definition) is 1. The van der Waals surface area contributed by atoms with Crippen molar-refractivity contribution in [1.29, 1.82) is 0 Å². The van der Waals surface area contributed by atoms with Gasteiger partial charge in [-0.1, -0.05) is 89.9 Å². The van der Waals surface area contributed by atoms with E-state index in [1.807, 2.05) is 66.7 Å². The van der Waals surface area contributed by atoms with E-state index in [9.17, 15) is 9.59 Å². The van der Waals surface area contributed by atoms with Gasteiger partial charge in [0.05, 0.1) is 15.6 Å². The van der Waals surface area contributed by atoms with Crippen LogP contribution in [0.15, 0.2) is 78.9 Å². The number of nitrogens with zero attached hydrogens (tertiary/aromatic N) is 2. The normalized spacial score (nSPS) is 20.6. The van der Waals surface area contributed by atoms with E-state index in [1.165, 1.54) is 0 Å². The van der Waals surface area contributed by atoms with Gasteiger partial charge in [0.15, 0.2) is 0 Å². The molecule has 3 aromatic carbocycles. The van der Waals surface area contributed by atoms with Crippen molar-refractivity contribution >= 4 is 47.6 Å². The number of likely N-dealkylation sites (tertiary alicyclic amines) is 1. The average Bonchev–Trinajstić information content (AvgIpc) is 2.96. The van der Waals surface area contributed by atoms with Gasteiger partial charge in [0.25, 0.3) is 0 Å². The number of rotatable bonds is 8. The third kappa shape index (κ3) is 7.18. The zero-order valence-corrected chi connectivity index (χ0v) is 25.5. The summed E-state index contributed by atoms with van der Waals surface area (Å²) in [5.74, 6) is -0.0154. The smallest absolute Gasteiger partial charge is 0.410 e. The minimum atomic E-state index is -0.442. The highest BCUT2D eigenvalue weighted by Gasteiger charge is 2.43. The highest BCUT2D eigenvalue weighted by molar-refractivity contribution is 6.42. The number of amides is 2. The van der Waals surface area contributed by atoms with Crippen molar-refractivity contribution in [3.05, 3.63) is 106 Å². The fourth-order valence-electron chi connectivity index (χ4n) is 6.10. The topological polar surface area (TPSA) is 61.9 Å². The molecule has 9 heteroatoms. The van der Waals surface area contributed by atoms with Crippen LogP contribution >= 0.6 is 35.6 Å². The van der Waals surface area contributed by atoms with E-state index >= 15 is 0 Å². The lowest BCUT2D eigenvalue weighted by Gasteiger charge is -2.46. The number of cyclic esters (lactones) is 1. The molecule has 218 valence electrons. The number of hydrogen-bond acceptors (Lipinski definition) is 4. The Hall–Kier alpha value is -2.77. The van der Waals surface area contributed by atoms with E-state index in [-0.39, 0.29) is 36.6 Å². The van der Waals surface area contributed by atoms with E-state index in [2.05, 4.69) is 22.3 Å². The van der Waals surface area contributed by atoms with E-state index in [0.717, 1.165) is 55.6 Å². The van der Waals surface area contributed by atoms with Crippen LogP contribution in [0.4, 0.5) is 4.79 Å². The molecule has 1 N–H and O–H groups in total. The number of carbonyl (C=O) groups excluding carboxylic acids is 2. The van der Waals surface area contributed by atoms with Crippen LogP contribution in [0.5, 0.6) is 0 Å². The largest absolute Gasteiger partial charge is 0.448 e. The van der Waals surface area contributed by atoms with Crippen molar-refractivity contribution in [2.24, 2.45) is 0 Å². The van der Waals surface area contributed by atoms with Gasteiger partial charge in [0.1, 0.15) is 6.61 Å². The molecule has 0 saturated carbocycles. The minimum absolute atomic E-state index is 0. The second-order valence-electron chi connectivity index (χ2n) is 11.0. The lowest BCUT2D eigenvalue weighted by molar-refractivity contribution is -0.121. The van der Waals surface area contributed by atoms with E-state index in [0.29, 0.717) is 23.1 Å². The van der Waals surface area contributed by atoms with Crippen molar-refractivity contribution in [3.63, 3.8) is 0 Å². The van der Waals surface area contributed by atoms with Crippen LogP contribution in [-0.4, -0.2) is 54.6 Å². The Bertz CT molecular complexity index is 1330. The summed E-state index contributed by atoms with van der Waals surface area (Å²) in [4.78, 5) is 29.2. The predicted octanol–water partition coefficient (Wildman–Crippen LogP) is 6.82. The number of piperidine rings is 1. The van der Waals surface area contributed by atoms with Gasteiger partial charge < -0.3 is 19.9 Å². The Labute approximate surface area is 258 Å². The quantitative estimate of drug-likeness (QED) is 0.302. The summed E-state index contributed by atoms with van der Waals surface area (Å²) in [5.41, 5.74) is 2.41. The molecule has 0 aliphatic carbocycles. The molecular weight excluding hydrogens is 581 g/mol. The Morgan fingerprint density at radius 1 is 0.927 bits per heavy atom. The molecule has 2 aliphatic rings. The second-order valence-corrected chi connectivity index (χ2v) is 11.8. The first-order valence-corrected chi connectivity index (χ1v) is 14.5. The molecular formula is C32H36Cl3N3O3. The molecule has 6 nitrogen and oxygen atoms in total. The zero-order valence-electron chi connectivity index (χ0n) is 23.2. The summed E-state index contributed by atoms with van der Waals surface area (Å²) in [5, 5.41) is 4.25. The fourth-order valence-corrected chi connectivity index (χ4v) is 6.40. The zero-order chi connectivity index (χ0) is 28.2. The van der Waals surface area contributed by atoms with Crippen molar-refractivity contribution in [1.82, 2.24) is 15.1 Å². The summed E-state index contributed by atoms with van der Waals surface area (Å²) in [6.45, 7) is 5.38. The van der Waals surface area contributed by atoms with Crippen LogP contribution < -0.4 is 5.32 Å². The lowest BCUT2D eigenvalue weighted by Crippen LogP contribution is -2.55. The minimum Gasteiger partial charge on any atom is -0.448 e. The van der Waals surface area contributed by atoms with Crippen LogP contribution in [0.2, 0.25) is 10.0 Å². The van der Waals surface area contributed by atoms with Crippen molar-refractivity contribution in [2.45, 2.75) is 43.7 Å². The van der Waals surface area contributed by atoms with Crippen molar-refractivity contribution < 1.29 is 14.3 Å². The van der Waals surface area contributed by atoms with Gasteiger partial charge in [0, 0.05) is 38.5 Å². The molecule has 0 spiro atoms. The Balaban J connectivity index is 0.00000387. The molecule has 0 radical (unpaired) electrons. The number of ether oxygens (including phenoxy) is 1. The van der Waals surface area contributed by atoms with Crippen LogP contribution in [0, 0.1) is 0 Å². The molecule has 1 unspecified atom stereocenters. The number of halogens is 3. The second kappa shape index (κ2) is 13.5. The molecule has 2 fully saturated rings. The third-order valence-electron chi connectivity index (χ3n) is 8.33. The van der Waals surface area contributed by atoms with E-state index in [1.54, 1.807) is 11.8 Å². The molecule has 2 aliphatic heterocycles. The summed E-state index contributed by atoms with van der Waals surface area (Å²) in [6.07, 6.45) is 2.12. The molecule has 0 aromatic heterocycles. The molecule has 3 aromatic rings. The molecule has 0 bridgehead atoms. The first kappa shape index (κ1) is 31.2. The van der Waals surface area contributed by atoms with Crippen LogP contribution in [0.3, 0.4) is 0 Å². The van der Waals surface area contributed by atoms with Gasteiger partial charge in [-0.05, 0) is 54.6 Å². The maximum absolute atomic E-state index is 12.9. The fraction of sp³-hybridized carbons (Fsp3) is 0.375. The maximum Gasteiger partial charge on any atom is 0.410 e. The Morgan fingerprint density at radius 3 is 2.22 bits per heavy atom. The summed E-state index contributed by atoms with van der Waals surface area (Å²) < 4.78 is 5.82. The predicted molar refractivity (Wildman–Crippen MR) is 166 cm³/mol. The Kier molecular flexibility index (Phi) is 10.2. The SMILES string of the molecule is CC(=O)NC1(c2ccccc2)CCN(CCC2(c3ccc(Cl)c(Cl)c3)COC(=O)N(Cc3ccccc3)C2)CC1.Cl. The third-order valence-corrected chi connectivity index (χ3v) is 9.07. The van der Waals surface area contributed by atoms with Gasteiger partial charge in [-0.2, -0.15) is 0 Å². The summed E-state index contributed by atoms with van der Waals surface area (Å²) in [7, 11) is 0. The van der Waals surface area contributed by atoms with E-state index < -0.39 is 5.41 Å². The molecule has 2 heterocycles. The number of nitrogens with one attached hydrogen (secondary N) is 1. The first-order chi connectivity index (χ1) is 19.3. The molecule has 5 rings (SSSR count). The first-order valence-electron chi connectivity index (χ1n) is 13.8. The average molecular weight is 617 g/mol. The highest BCUT2D eigenvalue weighted by Crippen LogP contribution is 2.38. The highest BCUT2D eigenvalue weighted by atomic mass is 35.5. The van der Waals surface area contributed by atoms with Crippen molar-refractivity contribution in [3.8, 4) is 0 Å². The molecule has 41 heavy (non-hydrogen) atoms. The number of carbonyl (C=O) groups is 2. The maximum atomic E-state index is 12.9. The monoisotopic (exact) mass is 615 g/mol.